The summed E-state index contributed by atoms with van der Waals surface area (Å²) in [6.07, 6.45) is -2.41. The Morgan fingerprint density at radius 2 is 2.00 bits per heavy atom. The van der Waals surface area contributed by atoms with E-state index in [4.69, 9.17) is 0 Å². The molecule has 0 aromatic carbocycles. The first kappa shape index (κ1) is 10.4. The van der Waals surface area contributed by atoms with Gasteiger partial charge in [-0.2, -0.15) is 13.2 Å². The molecule has 1 heterocycles. The van der Waals surface area contributed by atoms with E-state index >= 15 is 0 Å². The molecule has 1 atom stereocenters. The van der Waals surface area contributed by atoms with Crippen LogP contribution in [0.15, 0.2) is 12.3 Å². The summed E-state index contributed by atoms with van der Waals surface area (Å²) in [5, 5.41) is 0. The molecule has 13 heavy (non-hydrogen) atoms. The SMILES string of the molecule is C=C(C)N1CCCCC1C(F)(F)F. The third-order valence-corrected chi connectivity index (χ3v) is 2.37. The van der Waals surface area contributed by atoms with E-state index in [-0.39, 0.29) is 6.42 Å². The lowest BCUT2D eigenvalue weighted by molar-refractivity contribution is -0.185. The quantitative estimate of drug-likeness (QED) is 0.618. The van der Waals surface area contributed by atoms with Gasteiger partial charge in [0.15, 0.2) is 0 Å². The third-order valence-electron chi connectivity index (χ3n) is 2.37. The molecule has 1 rings (SSSR count). The van der Waals surface area contributed by atoms with Crippen molar-refractivity contribution in [2.45, 2.75) is 38.4 Å². The molecule has 1 aliphatic heterocycles. The molecular weight excluding hydrogens is 179 g/mol. The van der Waals surface area contributed by atoms with Gasteiger partial charge in [0.1, 0.15) is 6.04 Å². The Kier molecular flexibility index (Phi) is 2.88. The van der Waals surface area contributed by atoms with Gasteiger partial charge in [-0.05, 0) is 26.2 Å². The zero-order chi connectivity index (χ0) is 10.1. The first-order valence-corrected chi connectivity index (χ1v) is 4.42. The van der Waals surface area contributed by atoms with Gasteiger partial charge in [-0.25, -0.2) is 0 Å². The number of piperidine rings is 1. The molecule has 0 spiro atoms. The molecule has 1 saturated heterocycles. The second-order valence-corrected chi connectivity index (χ2v) is 3.48. The van der Waals surface area contributed by atoms with E-state index in [1.54, 1.807) is 6.92 Å². The summed E-state index contributed by atoms with van der Waals surface area (Å²) >= 11 is 0. The van der Waals surface area contributed by atoms with E-state index in [0.717, 1.165) is 6.42 Å². The highest BCUT2D eigenvalue weighted by Gasteiger charge is 2.44. The summed E-state index contributed by atoms with van der Waals surface area (Å²) in [6.45, 7) is 5.68. The Morgan fingerprint density at radius 1 is 1.38 bits per heavy atom. The van der Waals surface area contributed by atoms with Crippen LogP contribution in [0, 0.1) is 0 Å². The van der Waals surface area contributed by atoms with Gasteiger partial charge in [0, 0.05) is 12.2 Å². The standard InChI is InChI=1S/C9H14F3N/c1-7(2)13-6-4-3-5-8(13)9(10,11)12/h8H,1,3-6H2,2H3. The van der Waals surface area contributed by atoms with Crippen LogP contribution < -0.4 is 0 Å². The van der Waals surface area contributed by atoms with Gasteiger partial charge >= 0.3 is 6.18 Å². The summed E-state index contributed by atoms with van der Waals surface area (Å²) in [4.78, 5) is 1.36. The van der Waals surface area contributed by atoms with Crippen molar-refractivity contribution in [2.24, 2.45) is 0 Å². The van der Waals surface area contributed by atoms with Crippen molar-refractivity contribution < 1.29 is 13.2 Å². The minimum Gasteiger partial charge on any atom is -0.364 e. The highest BCUT2D eigenvalue weighted by atomic mass is 19.4. The van der Waals surface area contributed by atoms with Gasteiger partial charge in [0.05, 0.1) is 0 Å². The van der Waals surface area contributed by atoms with E-state index < -0.39 is 12.2 Å². The molecule has 0 bridgehead atoms. The zero-order valence-corrected chi connectivity index (χ0v) is 7.69. The molecule has 0 radical (unpaired) electrons. The summed E-state index contributed by atoms with van der Waals surface area (Å²) in [7, 11) is 0. The Balaban J connectivity index is 2.73. The van der Waals surface area contributed by atoms with Crippen LogP contribution in [0.1, 0.15) is 26.2 Å². The lowest BCUT2D eigenvalue weighted by atomic mass is 10.0. The van der Waals surface area contributed by atoms with Crippen LogP contribution in [0.25, 0.3) is 0 Å². The number of nitrogens with zero attached hydrogens (tertiary/aromatic N) is 1. The minimum absolute atomic E-state index is 0.205. The molecule has 0 N–H and O–H groups in total. The predicted octanol–water partition coefficient (Wildman–Crippen LogP) is 2.94. The Labute approximate surface area is 76.2 Å². The summed E-state index contributed by atoms with van der Waals surface area (Å²) in [5.74, 6) is 0. The first-order chi connectivity index (χ1) is 5.93. The largest absolute Gasteiger partial charge is 0.408 e. The fourth-order valence-corrected chi connectivity index (χ4v) is 1.73. The van der Waals surface area contributed by atoms with Crippen molar-refractivity contribution in [1.82, 2.24) is 4.90 Å². The lowest BCUT2D eigenvalue weighted by Crippen LogP contribution is -2.47. The van der Waals surface area contributed by atoms with E-state index in [2.05, 4.69) is 6.58 Å². The predicted molar refractivity (Wildman–Crippen MR) is 45.2 cm³/mol. The van der Waals surface area contributed by atoms with Crippen LogP contribution in [0.3, 0.4) is 0 Å². The number of allylic oxidation sites excluding steroid dienone is 1. The molecular formula is C9H14F3N. The fourth-order valence-electron chi connectivity index (χ4n) is 1.73. The third kappa shape index (κ3) is 2.39. The molecule has 0 aromatic heterocycles. The van der Waals surface area contributed by atoms with E-state index in [1.165, 1.54) is 4.90 Å². The van der Waals surface area contributed by atoms with Crippen molar-refractivity contribution in [2.75, 3.05) is 6.54 Å². The van der Waals surface area contributed by atoms with E-state index in [9.17, 15) is 13.2 Å². The maximum atomic E-state index is 12.5. The van der Waals surface area contributed by atoms with Gasteiger partial charge in [-0.3, -0.25) is 0 Å². The van der Waals surface area contributed by atoms with Gasteiger partial charge < -0.3 is 4.90 Å². The lowest BCUT2D eigenvalue weighted by Gasteiger charge is -2.38. The summed E-state index contributed by atoms with van der Waals surface area (Å²) < 4.78 is 37.4. The molecule has 0 aromatic rings. The van der Waals surface area contributed by atoms with Crippen LogP contribution in [-0.2, 0) is 0 Å². The number of hydrogen-bond donors (Lipinski definition) is 0. The van der Waals surface area contributed by atoms with Crippen molar-refractivity contribution in [3.63, 3.8) is 0 Å². The Bertz CT molecular complexity index is 198. The van der Waals surface area contributed by atoms with Crippen molar-refractivity contribution in [1.29, 1.82) is 0 Å². The Morgan fingerprint density at radius 3 is 2.38 bits per heavy atom. The fraction of sp³-hybridized carbons (Fsp3) is 0.778. The monoisotopic (exact) mass is 193 g/mol. The second kappa shape index (κ2) is 3.60. The maximum absolute atomic E-state index is 12.5. The van der Waals surface area contributed by atoms with Crippen LogP contribution in [-0.4, -0.2) is 23.7 Å². The van der Waals surface area contributed by atoms with Gasteiger partial charge in [-0.15, -0.1) is 0 Å². The Hall–Kier alpha value is -0.670. The van der Waals surface area contributed by atoms with E-state index in [1.807, 2.05) is 0 Å². The molecule has 1 fully saturated rings. The molecule has 1 nitrogen and oxygen atoms in total. The molecule has 0 aliphatic carbocycles. The van der Waals surface area contributed by atoms with Crippen molar-refractivity contribution in [3.05, 3.63) is 12.3 Å². The highest BCUT2D eigenvalue weighted by Crippen LogP contribution is 2.33. The smallest absolute Gasteiger partial charge is 0.364 e. The maximum Gasteiger partial charge on any atom is 0.408 e. The molecule has 76 valence electrons. The highest BCUT2D eigenvalue weighted by molar-refractivity contribution is 4.97. The van der Waals surface area contributed by atoms with Crippen LogP contribution in [0.2, 0.25) is 0 Å². The first-order valence-electron chi connectivity index (χ1n) is 4.42. The second-order valence-electron chi connectivity index (χ2n) is 3.48. The minimum atomic E-state index is -4.11. The average Bonchev–Trinajstić information content (AvgIpc) is 2.03. The number of rotatable bonds is 1. The molecule has 1 aliphatic rings. The summed E-state index contributed by atoms with van der Waals surface area (Å²) in [6, 6.07) is -1.31. The molecule has 1 unspecified atom stereocenters. The van der Waals surface area contributed by atoms with Gasteiger partial charge in [0.2, 0.25) is 0 Å². The van der Waals surface area contributed by atoms with Crippen LogP contribution in [0.4, 0.5) is 13.2 Å². The average molecular weight is 193 g/mol. The molecule has 0 saturated carbocycles. The van der Waals surface area contributed by atoms with Crippen LogP contribution >= 0.6 is 0 Å². The number of likely N-dealkylation sites (tertiary alicyclic amines) is 1. The van der Waals surface area contributed by atoms with Crippen molar-refractivity contribution >= 4 is 0 Å². The molecule has 0 amide bonds. The summed E-state index contributed by atoms with van der Waals surface area (Å²) in [5.41, 5.74) is 0.516. The normalized spacial score (nSPS) is 24.6. The number of halogens is 3. The molecule has 4 heteroatoms. The van der Waals surface area contributed by atoms with Crippen molar-refractivity contribution in [3.8, 4) is 0 Å². The van der Waals surface area contributed by atoms with Crippen LogP contribution in [0.5, 0.6) is 0 Å². The topological polar surface area (TPSA) is 3.24 Å². The van der Waals surface area contributed by atoms with Gasteiger partial charge in [-0.1, -0.05) is 6.58 Å². The van der Waals surface area contributed by atoms with Gasteiger partial charge in [0.25, 0.3) is 0 Å². The van der Waals surface area contributed by atoms with E-state index in [0.29, 0.717) is 18.7 Å². The zero-order valence-electron chi connectivity index (χ0n) is 7.69. The number of alkyl halides is 3. The number of hydrogen-bond acceptors (Lipinski definition) is 1.